The van der Waals surface area contributed by atoms with Gasteiger partial charge in [0, 0.05) is 18.8 Å². The largest absolute Gasteiger partial charge is 0.369 e. The van der Waals surface area contributed by atoms with Gasteiger partial charge in [-0.05, 0) is 32.5 Å². The molecule has 1 atom stereocenters. The first kappa shape index (κ1) is 11.5. The first-order valence-electron chi connectivity index (χ1n) is 6.51. The molecule has 1 aliphatic heterocycles. The van der Waals surface area contributed by atoms with E-state index in [2.05, 4.69) is 26.5 Å². The van der Waals surface area contributed by atoms with E-state index in [1.54, 1.807) is 12.4 Å². The zero-order chi connectivity index (χ0) is 12.5. The monoisotopic (exact) mass is 245 g/mol. The molecule has 0 aliphatic carbocycles. The molecule has 3 rings (SSSR count). The van der Waals surface area contributed by atoms with Crippen molar-refractivity contribution in [2.24, 2.45) is 0 Å². The van der Waals surface area contributed by atoms with E-state index in [9.17, 15) is 0 Å². The smallest absolute Gasteiger partial charge is 0.201 e. The van der Waals surface area contributed by atoms with E-state index in [1.165, 1.54) is 25.8 Å². The van der Waals surface area contributed by atoms with Gasteiger partial charge in [-0.2, -0.15) is 0 Å². The predicted octanol–water partition coefficient (Wildman–Crippen LogP) is 1.50. The van der Waals surface area contributed by atoms with Crippen LogP contribution in [0.4, 0.5) is 5.95 Å². The quantitative estimate of drug-likeness (QED) is 0.871. The summed E-state index contributed by atoms with van der Waals surface area (Å²) in [5.41, 5.74) is 7.99. The van der Waals surface area contributed by atoms with Gasteiger partial charge in [0.25, 0.3) is 0 Å². The van der Waals surface area contributed by atoms with E-state index in [1.807, 2.05) is 6.07 Å². The molecule has 0 saturated carbocycles. The van der Waals surface area contributed by atoms with Gasteiger partial charge in [-0.1, -0.05) is 6.42 Å². The van der Waals surface area contributed by atoms with Crippen LogP contribution >= 0.6 is 0 Å². The van der Waals surface area contributed by atoms with Crippen molar-refractivity contribution in [1.29, 1.82) is 0 Å². The minimum Gasteiger partial charge on any atom is -0.369 e. The molecule has 0 amide bonds. The molecular weight excluding hydrogens is 226 g/mol. The second kappa shape index (κ2) is 4.57. The molecule has 2 aromatic heterocycles. The molecule has 2 aromatic rings. The average Bonchev–Trinajstić information content (AvgIpc) is 2.69. The normalized spacial score (nSPS) is 21.5. The molecule has 1 saturated heterocycles. The van der Waals surface area contributed by atoms with Crippen molar-refractivity contribution in [3.63, 3.8) is 0 Å². The maximum atomic E-state index is 6.02. The highest BCUT2D eigenvalue weighted by molar-refractivity contribution is 5.77. The minimum atomic E-state index is 0.562. The van der Waals surface area contributed by atoms with Gasteiger partial charge in [0.05, 0.1) is 11.7 Å². The molecule has 5 heteroatoms. The van der Waals surface area contributed by atoms with Gasteiger partial charge < -0.3 is 15.2 Å². The van der Waals surface area contributed by atoms with Crippen LogP contribution in [-0.2, 0) is 6.54 Å². The number of rotatable bonds is 2. The van der Waals surface area contributed by atoms with Crippen molar-refractivity contribution in [2.45, 2.75) is 31.8 Å². The van der Waals surface area contributed by atoms with Crippen LogP contribution in [-0.4, -0.2) is 39.1 Å². The van der Waals surface area contributed by atoms with Crippen LogP contribution in [0.15, 0.2) is 18.5 Å². The van der Waals surface area contributed by atoms with Crippen molar-refractivity contribution >= 4 is 17.0 Å². The maximum Gasteiger partial charge on any atom is 0.201 e. The lowest BCUT2D eigenvalue weighted by Crippen LogP contribution is -2.39. The fourth-order valence-electron chi connectivity index (χ4n) is 2.78. The van der Waals surface area contributed by atoms with Gasteiger partial charge in [0.15, 0.2) is 0 Å². The number of fused-ring (bicyclic) bond motifs is 1. The fourth-order valence-corrected chi connectivity index (χ4v) is 2.78. The van der Waals surface area contributed by atoms with Crippen molar-refractivity contribution < 1.29 is 0 Å². The molecule has 5 nitrogen and oxygen atoms in total. The molecule has 0 spiro atoms. The number of hydrogen-bond acceptors (Lipinski definition) is 4. The highest BCUT2D eigenvalue weighted by Gasteiger charge is 2.21. The van der Waals surface area contributed by atoms with Crippen LogP contribution in [0.3, 0.4) is 0 Å². The van der Waals surface area contributed by atoms with Gasteiger partial charge in [0.1, 0.15) is 5.52 Å². The van der Waals surface area contributed by atoms with Crippen LogP contribution in [0.5, 0.6) is 0 Å². The third-order valence-electron chi connectivity index (χ3n) is 3.89. The summed E-state index contributed by atoms with van der Waals surface area (Å²) < 4.78 is 2.11. The average molecular weight is 245 g/mol. The number of likely N-dealkylation sites (N-methyl/N-ethyl adjacent to an activating group) is 1. The van der Waals surface area contributed by atoms with Gasteiger partial charge in [-0.25, -0.2) is 4.98 Å². The predicted molar refractivity (Wildman–Crippen MR) is 72.2 cm³/mol. The summed E-state index contributed by atoms with van der Waals surface area (Å²) in [5.74, 6) is 0.594. The number of pyridine rings is 1. The standard InChI is InChI=1S/C13H19N5/c1-17-7-3-2-4-10(17)9-18-12-5-6-15-8-11(12)16-13(18)14/h5-6,8,10H,2-4,7,9H2,1H3,(H2,14,16). The van der Waals surface area contributed by atoms with E-state index in [-0.39, 0.29) is 0 Å². The fraction of sp³-hybridized carbons (Fsp3) is 0.538. The maximum absolute atomic E-state index is 6.02. The molecule has 1 aliphatic rings. The molecule has 1 unspecified atom stereocenters. The Labute approximate surface area is 107 Å². The number of imidazole rings is 1. The van der Waals surface area contributed by atoms with E-state index < -0.39 is 0 Å². The summed E-state index contributed by atoms with van der Waals surface area (Å²) in [6.07, 6.45) is 7.41. The zero-order valence-electron chi connectivity index (χ0n) is 10.7. The van der Waals surface area contributed by atoms with E-state index in [0.29, 0.717) is 12.0 Å². The van der Waals surface area contributed by atoms with Gasteiger partial charge in [-0.3, -0.25) is 4.98 Å². The number of hydrogen-bond donors (Lipinski definition) is 1. The third kappa shape index (κ3) is 1.95. The molecule has 0 bridgehead atoms. The van der Waals surface area contributed by atoms with Crippen molar-refractivity contribution in [2.75, 3.05) is 19.3 Å². The van der Waals surface area contributed by atoms with Crippen LogP contribution < -0.4 is 5.73 Å². The van der Waals surface area contributed by atoms with E-state index >= 15 is 0 Å². The van der Waals surface area contributed by atoms with Crippen LogP contribution in [0.25, 0.3) is 11.0 Å². The highest BCUT2D eigenvalue weighted by atomic mass is 15.2. The Morgan fingerprint density at radius 1 is 1.44 bits per heavy atom. The number of nitrogens with zero attached hydrogens (tertiary/aromatic N) is 4. The summed E-state index contributed by atoms with van der Waals surface area (Å²) in [6.45, 7) is 2.10. The van der Waals surface area contributed by atoms with Crippen molar-refractivity contribution in [1.82, 2.24) is 19.4 Å². The van der Waals surface area contributed by atoms with Crippen LogP contribution in [0.1, 0.15) is 19.3 Å². The zero-order valence-corrected chi connectivity index (χ0v) is 10.7. The van der Waals surface area contributed by atoms with Crippen molar-refractivity contribution in [3.05, 3.63) is 18.5 Å². The van der Waals surface area contributed by atoms with Crippen LogP contribution in [0.2, 0.25) is 0 Å². The number of aromatic nitrogens is 3. The van der Waals surface area contributed by atoms with Gasteiger partial charge in [-0.15, -0.1) is 0 Å². The molecule has 3 heterocycles. The second-order valence-corrected chi connectivity index (χ2v) is 5.08. The molecular formula is C13H19N5. The summed E-state index contributed by atoms with van der Waals surface area (Å²) >= 11 is 0. The Balaban J connectivity index is 1.92. The molecule has 2 N–H and O–H groups in total. The minimum absolute atomic E-state index is 0.562. The molecule has 96 valence electrons. The third-order valence-corrected chi connectivity index (χ3v) is 3.89. The first-order chi connectivity index (χ1) is 8.75. The summed E-state index contributed by atoms with van der Waals surface area (Å²) in [7, 11) is 2.20. The van der Waals surface area contributed by atoms with Gasteiger partial charge in [0.2, 0.25) is 5.95 Å². The van der Waals surface area contributed by atoms with Crippen LogP contribution in [0, 0.1) is 0 Å². The molecule has 0 radical (unpaired) electrons. The number of nitrogens with two attached hydrogens (primary N) is 1. The van der Waals surface area contributed by atoms with E-state index in [4.69, 9.17) is 5.73 Å². The van der Waals surface area contributed by atoms with E-state index in [0.717, 1.165) is 17.6 Å². The first-order valence-corrected chi connectivity index (χ1v) is 6.51. The number of nitrogen functional groups attached to an aromatic ring is 1. The number of anilines is 1. The lowest BCUT2D eigenvalue weighted by atomic mass is 10.0. The summed E-state index contributed by atoms with van der Waals surface area (Å²) in [4.78, 5) is 10.9. The molecule has 1 fully saturated rings. The summed E-state index contributed by atoms with van der Waals surface area (Å²) in [5, 5.41) is 0. The molecule has 0 aromatic carbocycles. The van der Waals surface area contributed by atoms with Gasteiger partial charge >= 0.3 is 0 Å². The topological polar surface area (TPSA) is 60.0 Å². The Hall–Kier alpha value is -1.62. The Kier molecular flexibility index (Phi) is 2.91. The lowest BCUT2D eigenvalue weighted by molar-refractivity contribution is 0.169. The Bertz CT molecular complexity index is 547. The summed E-state index contributed by atoms with van der Waals surface area (Å²) in [6, 6.07) is 2.55. The Morgan fingerprint density at radius 3 is 3.17 bits per heavy atom. The number of piperidine rings is 1. The second-order valence-electron chi connectivity index (χ2n) is 5.08. The Morgan fingerprint density at radius 2 is 2.33 bits per heavy atom. The molecule has 18 heavy (non-hydrogen) atoms. The number of likely N-dealkylation sites (tertiary alicyclic amines) is 1. The highest BCUT2D eigenvalue weighted by Crippen LogP contribution is 2.21. The van der Waals surface area contributed by atoms with Crippen molar-refractivity contribution in [3.8, 4) is 0 Å². The SMILES string of the molecule is CN1CCCCC1Cn1c(N)nc2cnccc21. The lowest BCUT2D eigenvalue weighted by Gasteiger charge is -2.32.